The summed E-state index contributed by atoms with van der Waals surface area (Å²) in [5.41, 5.74) is 2.01. The molecule has 8 heteroatoms. The minimum Gasteiger partial charge on any atom is -0.316 e. The number of carbonyl (C=O) groups excluding carboxylic acids is 1. The molecule has 2 heterocycles. The number of aliphatic imine (C=N–C) groups is 1. The van der Waals surface area contributed by atoms with E-state index in [1.54, 1.807) is 6.07 Å². The lowest BCUT2D eigenvalue weighted by Gasteiger charge is -2.25. The van der Waals surface area contributed by atoms with E-state index in [4.69, 9.17) is 5.26 Å². The molecule has 0 aromatic heterocycles. The fraction of sp³-hybridized carbons (Fsp3) is 0.471. The second kappa shape index (κ2) is 6.81. The van der Waals surface area contributed by atoms with E-state index in [0.717, 1.165) is 5.69 Å². The van der Waals surface area contributed by atoms with Crippen molar-refractivity contribution in [2.45, 2.75) is 37.5 Å². The number of rotatable bonds is 3. The minimum atomic E-state index is -3.08. The minimum absolute atomic E-state index is 0.0576. The Hall–Kier alpha value is -1.85. The SMILES string of the molecule is CC(C)c1ccc(N2C(=NC(=O)CC#N)S[C@@H]3CS(=O)(=O)C[C@@H]32)cc1. The maximum Gasteiger partial charge on any atom is 0.262 e. The van der Waals surface area contributed by atoms with E-state index in [1.165, 1.54) is 17.3 Å². The first-order chi connectivity index (χ1) is 11.8. The third-order valence-electron chi connectivity index (χ3n) is 4.36. The predicted octanol–water partition coefficient (Wildman–Crippen LogP) is 2.33. The van der Waals surface area contributed by atoms with Crippen molar-refractivity contribution >= 4 is 38.4 Å². The van der Waals surface area contributed by atoms with Crippen molar-refractivity contribution in [2.24, 2.45) is 4.99 Å². The highest BCUT2D eigenvalue weighted by atomic mass is 32.2. The summed E-state index contributed by atoms with van der Waals surface area (Å²) in [4.78, 5) is 17.7. The number of amides is 1. The van der Waals surface area contributed by atoms with Crippen LogP contribution in [-0.2, 0) is 14.6 Å². The number of amidine groups is 1. The first kappa shape index (κ1) is 18.0. The molecule has 1 aromatic carbocycles. The summed E-state index contributed by atoms with van der Waals surface area (Å²) in [6.45, 7) is 4.21. The summed E-state index contributed by atoms with van der Waals surface area (Å²) in [5, 5.41) is 9.02. The molecule has 0 bridgehead atoms. The van der Waals surface area contributed by atoms with Gasteiger partial charge in [0, 0.05) is 10.9 Å². The van der Waals surface area contributed by atoms with Gasteiger partial charge >= 0.3 is 0 Å². The van der Waals surface area contributed by atoms with Crippen molar-refractivity contribution in [1.82, 2.24) is 0 Å². The monoisotopic (exact) mass is 377 g/mol. The van der Waals surface area contributed by atoms with E-state index in [2.05, 4.69) is 18.8 Å². The highest BCUT2D eigenvalue weighted by Crippen LogP contribution is 2.41. The molecule has 0 spiro atoms. The van der Waals surface area contributed by atoms with E-state index >= 15 is 0 Å². The quantitative estimate of drug-likeness (QED) is 0.803. The fourth-order valence-corrected chi connectivity index (χ4v) is 7.03. The average Bonchev–Trinajstić information content (AvgIpc) is 2.98. The van der Waals surface area contributed by atoms with Gasteiger partial charge < -0.3 is 4.90 Å². The van der Waals surface area contributed by atoms with Crippen LogP contribution in [0.25, 0.3) is 0 Å². The van der Waals surface area contributed by atoms with Gasteiger partial charge in [-0.25, -0.2) is 8.42 Å². The summed E-state index contributed by atoms with van der Waals surface area (Å²) < 4.78 is 24.0. The lowest BCUT2D eigenvalue weighted by Crippen LogP contribution is -2.37. The van der Waals surface area contributed by atoms with Gasteiger partial charge in [0.15, 0.2) is 15.0 Å². The Kier molecular flexibility index (Phi) is 4.89. The van der Waals surface area contributed by atoms with Crippen LogP contribution in [-0.4, -0.2) is 42.3 Å². The Morgan fingerprint density at radius 3 is 2.64 bits per heavy atom. The van der Waals surface area contributed by atoms with Crippen LogP contribution in [0.5, 0.6) is 0 Å². The van der Waals surface area contributed by atoms with Gasteiger partial charge in [-0.15, -0.1) is 0 Å². The molecule has 2 saturated heterocycles. The number of thioether (sulfide) groups is 1. The number of hydrogen-bond acceptors (Lipinski definition) is 5. The summed E-state index contributed by atoms with van der Waals surface area (Å²) in [7, 11) is -3.08. The van der Waals surface area contributed by atoms with Crippen molar-refractivity contribution in [3.63, 3.8) is 0 Å². The topological polar surface area (TPSA) is 90.6 Å². The predicted molar refractivity (Wildman–Crippen MR) is 99.5 cm³/mol. The molecule has 2 atom stereocenters. The second-order valence-corrected chi connectivity index (χ2v) is 9.90. The zero-order valence-corrected chi connectivity index (χ0v) is 15.7. The van der Waals surface area contributed by atoms with E-state index in [1.807, 2.05) is 29.2 Å². The van der Waals surface area contributed by atoms with Gasteiger partial charge in [-0.1, -0.05) is 37.7 Å². The molecule has 0 aliphatic carbocycles. The maximum absolute atomic E-state index is 12.0. The largest absolute Gasteiger partial charge is 0.316 e. The molecule has 0 radical (unpaired) electrons. The standard InChI is InChI=1S/C17H19N3O3S2/c1-11(2)12-3-5-13(6-4-12)20-14-9-25(22,23)10-15(14)24-17(20)19-16(21)7-8-18/h3-6,11,14-15H,7,9-10H2,1-2H3/t14-,15+/m0/s1. The van der Waals surface area contributed by atoms with Crippen LogP contribution in [0.15, 0.2) is 29.3 Å². The molecular weight excluding hydrogens is 358 g/mol. The molecule has 0 N–H and O–H groups in total. The van der Waals surface area contributed by atoms with E-state index < -0.39 is 15.7 Å². The molecule has 0 unspecified atom stereocenters. The number of hydrogen-bond donors (Lipinski definition) is 0. The van der Waals surface area contributed by atoms with Crippen molar-refractivity contribution in [2.75, 3.05) is 16.4 Å². The van der Waals surface area contributed by atoms with Crippen molar-refractivity contribution in [3.05, 3.63) is 29.8 Å². The van der Waals surface area contributed by atoms with Crippen LogP contribution in [0.3, 0.4) is 0 Å². The van der Waals surface area contributed by atoms with Crippen LogP contribution < -0.4 is 4.90 Å². The number of nitrogens with zero attached hydrogens (tertiary/aromatic N) is 3. The Bertz CT molecular complexity index is 854. The average molecular weight is 377 g/mol. The smallest absolute Gasteiger partial charge is 0.262 e. The number of nitriles is 1. The first-order valence-corrected chi connectivity index (χ1v) is 10.8. The number of benzene rings is 1. The zero-order chi connectivity index (χ0) is 18.2. The Labute approximate surface area is 151 Å². The van der Waals surface area contributed by atoms with Crippen molar-refractivity contribution in [3.8, 4) is 6.07 Å². The molecule has 6 nitrogen and oxygen atoms in total. The van der Waals surface area contributed by atoms with Gasteiger partial charge in [0.05, 0.1) is 23.6 Å². The van der Waals surface area contributed by atoms with E-state index in [9.17, 15) is 13.2 Å². The molecule has 2 aliphatic heterocycles. The molecule has 1 amide bonds. The molecular formula is C17H19N3O3S2. The molecule has 1 aromatic rings. The molecule has 3 rings (SSSR count). The molecule has 0 saturated carbocycles. The molecule has 2 fully saturated rings. The van der Waals surface area contributed by atoms with Gasteiger partial charge in [-0.05, 0) is 23.6 Å². The number of carbonyl (C=O) groups is 1. The number of fused-ring (bicyclic) bond motifs is 1. The summed E-state index contributed by atoms with van der Waals surface area (Å²) in [6, 6.07) is 9.47. The maximum atomic E-state index is 12.0. The highest BCUT2D eigenvalue weighted by Gasteiger charge is 2.49. The fourth-order valence-electron chi connectivity index (χ4n) is 3.10. The zero-order valence-electron chi connectivity index (χ0n) is 14.0. The van der Waals surface area contributed by atoms with Gasteiger partial charge in [-0.2, -0.15) is 10.3 Å². The lowest BCUT2D eigenvalue weighted by molar-refractivity contribution is -0.116. The van der Waals surface area contributed by atoms with Crippen LogP contribution >= 0.6 is 11.8 Å². The van der Waals surface area contributed by atoms with Gasteiger partial charge in [-0.3, -0.25) is 4.79 Å². The van der Waals surface area contributed by atoms with Gasteiger partial charge in [0.25, 0.3) is 5.91 Å². The normalized spacial score (nSPS) is 26.0. The second-order valence-electron chi connectivity index (χ2n) is 6.54. The molecule has 132 valence electrons. The van der Waals surface area contributed by atoms with Crippen LogP contribution in [0.4, 0.5) is 5.69 Å². The number of sulfone groups is 1. The van der Waals surface area contributed by atoms with E-state index in [0.29, 0.717) is 11.1 Å². The van der Waals surface area contributed by atoms with Crippen LogP contribution in [0.1, 0.15) is 31.7 Å². The Balaban J connectivity index is 1.97. The third-order valence-corrected chi connectivity index (χ3v) is 7.56. The molecule has 25 heavy (non-hydrogen) atoms. The van der Waals surface area contributed by atoms with Crippen LogP contribution in [0.2, 0.25) is 0 Å². The Morgan fingerprint density at radius 2 is 2.04 bits per heavy atom. The summed E-state index contributed by atoms with van der Waals surface area (Å²) >= 11 is 1.32. The van der Waals surface area contributed by atoms with Crippen LogP contribution in [0, 0.1) is 11.3 Å². The highest BCUT2D eigenvalue weighted by molar-refractivity contribution is 8.16. The summed E-state index contributed by atoms with van der Waals surface area (Å²) in [5.74, 6) is 0.0414. The summed E-state index contributed by atoms with van der Waals surface area (Å²) in [6.07, 6.45) is -0.280. The Morgan fingerprint density at radius 1 is 1.36 bits per heavy atom. The third kappa shape index (κ3) is 3.72. The van der Waals surface area contributed by atoms with Gasteiger partial charge in [0.2, 0.25) is 0 Å². The van der Waals surface area contributed by atoms with Crippen molar-refractivity contribution < 1.29 is 13.2 Å². The van der Waals surface area contributed by atoms with Gasteiger partial charge in [0.1, 0.15) is 6.42 Å². The lowest BCUT2D eigenvalue weighted by atomic mass is 10.0. The number of anilines is 1. The van der Waals surface area contributed by atoms with E-state index in [-0.39, 0.29) is 29.2 Å². The van der Waals surface area contributed by atoms with Crippen molar-refractivity contribution in [1.29, 1.82) is 5.26 Å². The molecule has 2 aliphatic rings. The first-order valence-electron chi connectivity index (χ1n) is 8.05.